The first-order valence-electron chi connectivity index (χ1n) is 9.49. The molecule has 0 bridgehead atoms. The third kappa shape index (κ3) is 4.43. The van der Waals surface area contributed by atoms with Crippen molar-refractivity contribution in [3.8, 4) is 0 Å². The average Bonchev–Trinajstić information content (AvgIpc) is 2.66. The Morgan fingerprint density at radius 3 is 2.61 bits per heavy atom. The molecule has 1 aliphatic rings. The van der Waals surface area contributed by atoms with Crippen molar-refractivity contribution in [1.29, 1.82) is 10.8 Å². The van der Waals surface area contributed by atoms with Crippen molar-refractivity contribution in [2.75, 3.05) is 0 Å². The molecule has 0 aromatic carbocycles. The van der Waals surface area contributed by atoms with Gasteiger partial charge in [0.15, 0.2) is 0 Å². The van der Waals surface area contributed by atoms with Crippen molar-refractivity contribution in [2.45, 2.75) is 58.8 Å². The van der Waals surface area contributed by atoms with Crippen LogP contribution in [0.4, 0.5) is 8.78 Å². The molecule has 4 N–H and O–H groups in total. The highest BCUT2D eigenvalue weighted by Crippen LogP contribution is 2.46. The summed E-state index contributed by atoms with van der Waals surface area (Å²) >= 11 is 0. The van der Waals surface area contributed by atoms with Gasteiger partial charge in [0, 0.05) is 54.5 Å². The first kappa shape index (κ1) is 21.7. The molecule has 0 unspecified atom stereocenters. The van der Waals surface area contributed by atoms with E-state index in [2.05, 4.69) is 4.98 Å². The first-order valence-corrected chi connectivity index (χ1v) is 9.49. The normalized spacial score (nSPS) is 17.6. The van der Waals surface area contributed by atoms with Crippen molar-refractivity contribution in [2.24, 2.45) is 5.73 Å². The molecule has 0 amide bonds. The van der Waals surface area contributed by atoms with Crippen LogP contribution in [0.15, 0.2) is 35.2 Å². The lowest BCUT2D eigenvalue weighted by Gasteiger charge is -2.30. The minimum Gasteiger partial charge on any atom is -0.404 e. The lowest BCUT2D eigenvalue weighted by Crippen LogP contribution is -2.24. The number of aryl methyl sites for hydroxylation is 2. The van der Waals surface area contributed by atoms with E-state index in [9.17, 15) is 8.78 Å². The van der Waals surface area contributed by atoms with Crippen molar-refractivity contribution >= 4 is 18.0 Å². The molecule has 6 heteroatoms. The summed E-state index contributed by atoms with van der Waals surface area (Å²) in [6.45, 7) is 5.72. The maximum atomic E-state index is 14.4. The van der Waals surface area contributed by atoms with E-state index in [1.807, 2.05) is 26.8 Å². The van der Waals surface area contributed by atoms with Gasteiger partial charge in [0.05, 0.1) is 0 Å². The fourth-order valence-corrected chi connectivity index (χ4v) is 3.66. The standard InChI is InChI=1S/C22H28F2N4/c1-4-5-6-17(16(10-25)11-26)19-9-22(23,24)8-7-18(19)21-14(2)13-28-15(3)20(21)12-27/h6,10-13,25,27H,4-5,7-9,26H2,1-3H3/b16-11+,17-6+,25-10?,27-12?. The molecule has 150 valence electrons. The summed E-state index contributed by atoms with van der Waals surface area (Å²) in [6.07, 6.45) is 8.40. The zero-order chi connectivity index (χ0) is 20.9. The van der Waals surface area contributed by atoms with Gasteiger partial charge in [0.2, 0.25) is 0 Å². The zero-order valence-corrected chi connectivity index (χ0v) is 16.7. The molecule has 0 saturated carbocycles. The van der Waals surface area contributed by atoms with E-state index in [0.29, 0.717) is 34.4 Å². The second-order valence-electron chi connectivity index (χ2n) is 7.12. The molecule has 0 spiro atoms. The number of nitrogens with two attached hydrogens (primary N) is 1. The number of nitrogens with zero attached hydrogens (tertiary/aromatic N) is 1. The Morgan fingerprint density at radius 1 is 1.32 bits per heavy atom. The number of aromatic nitrogens is 1. The van der Waals surface area contributed by atoms with Crippen LogP contribution in [0.5, 0.6) is 0 Å². The van der Waals surface area contributed by atoms with Crippen molar-refractivity contribution < 1.29 is 8.78 Å². The topological polar surface area (TPSA) is 86.6 Å². The fraction of sp³-hybridized carbons (Fsp3) is 0.409. The minimum atomic E-state index is -2.81. The van der Waals surface area contributed by atoms with Gasteiger partial charge in [-0.25, -0.2) is 8.78 Å². The summed E-state index contributed by atoms with van der Waals surface area (Å²) < 4.78 is 28.9. The number of alkyl halides is 2. The van der Waals surface area contributed by atoms with Crippen LogP contribution in [-0.2, 0) is 0 Å². The Kier molecular flexibility index (Phi) is 7.00. The molecular formula is C22H28F2N4. The molecule has 4 nitrogen and oxygen atoms in total. The van der Waals surface area contributed by atoms with E-state index in [4.69, 9.17) is 16.6 Å². The number of rotatable bonds is 7. The molecule has 0 fully saturated rings. The number of unbranched alkanes of at least 4 members (excludes halogenated alkanes) is 1. The van der Waals surface area contributed by atoms with Gasteiger partial charge in [-0.2, -0.15) is 0 Å². The molecule has 1 heterocycles. The lowest BCUT2D eigenvalue weighted by molar-refractivity contribution is -0.00852. The van der Waals surface area contributed by atoms with Gasteiger partial charge in [0.25, 0.3) is 5.92 Å². The summed E-state index contributed by atoms with van der Waals surface area (Å²) in [5.41, 5.74) is 11.1. The molecule has 1 aromatic rings. The zero-order valence-electron chi connectivity index (χ0n) is 16.7. The molecule has 1 aliphatic carbocycles. The van der Waals surface area contributed by atoms with Gasteiger partial charge in [-0.1, -0.05) is 19.4 Å². The predicted octanol–water partition coefficient (Wildman–Crippen LogP) is 5.49. The van der Waals surface area contributed by atoms with Crippen LogP contribution in [0.25, 0.3) is 5.57 Å². The van der Waals surface area contributed by atoms with Gasteiger partial charge in [0.1, 0.15) is 0 Å². The summed E-state index contributed by atoms with van der Waals surface area (Å²) in [5, 5.41) is 15.5. The first-order chi connectivity index (χ1) is 13.3. The van der Waals surface area contributed by atoms with E-state index in [1.165, 1.54) is 12.4 Å². The summed E-state index contributed by atoms with van der Waals surface area (Å²) in [7, 11) is 0. The van der Waals surface area contributed by atoms with Crippen LogP contribution in [0.1, 0.15) is 61.4 Å². The summed E-state index contributed by atoms with van der Waals surface area (Å²) in [4.78, 5) is 4.32. The largest absolute Gasteiger partial charge is 0.404 e. The average molecular weight is 386 g/mol. The van der Waals surface area contributed by atoms with E-state index < -0.39 is 12.3 Å². The maximum Gasteiger partial charge on any atom is 0.252 e. The van der Waals surface area contributed by atoms with Crippen LogP contribution in [0.2, 0.25) is 0 Å². The molecule has 2 rings (SSSR count). The van der Waals surface area contributed by atoms with Crippen LogP contribution in [0, 0.1) is 24.7 Å². The molecule has 0 saturated heterocycles. The van der Waals surface area contributed by atoms with E-state index in [-0.39, 0.29) is 12.8 Å². The number of pyridine rings is 1. The Balaban J connectivity index is 2.86. The van der Waals surface area contributed by atoms with Crippen LogP contribution in [0.3, 0.4) is 0 Å². The van der Waals surface area contributed by atoms with E-state index >= 15 is 0 Å². The fourth-order valence-electron chi connectivity index (χ4n) is 3.66. The maximum absolute atomic E-state index is 14.4. The van der Waals surface area contributed by atoms with Crippen LogP contribution in [-0.4, -0.2) is 23.3 Å². The number of allylic oxidation sites excluding steroid dienone is 5. The molecule has 1 aromatic heterocycles. The predicted molar refractivity (Wildman–Crippen MR) is 111 cm³/mol. The summed E-state index contributed by atoms with van der Waals surface area (Å²) in [5.74, 6) is -2.81. The smallest absolute Gasteiger partial charge is 0.252 e. The third-order valence-electron chi connectivity index (χ3n) is 5.10. The number of nitrogens with one attached hydrogen (secondary N) is 2. The van der Waals surface area contributed by atoms with Gasteiger partial charge in [-0.15, -0.1) is 0 Å². The van der Waals surface area contributed by atoms with Crippen LogP contribution < -0.4 is 5.73 Å². The molecule has 0 aliphatic heterocycles. The Hall–Kier alpha value is -2.63. The SMILES string of the molecule is CCC/C=C(C1=C(c2c(C)cnc(C)c2C=N)CCC(F)(F)C1)\C(C=N)=C\N. The molecule has 0 atom stereocenters. The van der Waals surface area contributed by atoms with Gasteiger partial charge >= 0.3 is 0 Å². The monoisotopic (exact) mass is 386 g/mol. The Bertz CT molecular complexity index is 864. The van der Waals surface area contributed by atoms with Gasteiger partial charge in [-0.05, 0) is 54.5 Å². The summed E-state index contributed by atoms with van der Waals surface area (Å²) in [6, 6.07) is 0. The number of hydrogen-bond acceptors (Lipinski definition) is 4. The molecule has 0 radical (unpaired) electrons. The highest BCUT2D eigenvalue weighted by Gasteiger charge is 2.38. The minimum absolute atomic E-state index is 0.201. The lowest BCUT2D eigenvalue weighted by atomic mass is 9.78. The van der Waals surface area contributed by atoms with Crippen LogP contribution >= 0.6 is 0 Å². The van der Waals surface area contributed by atoms with E-state index in [0.717, 1.165) is 29.3 Å². The number of hydrogen-bond donors (Lipinski definition) is 3. The van der Waals surface area contributed by atoms with Gasteiger partial charge < -0.3 is 16.6 Å². The molecular weight excluding hydrogens is 358 g/mol. The Morgan fingerprint density at radius 2 is 2.04 bits per heavy atom. The Labute approximate surface area is 165 Å². The third-order valence-corrected chi connectivity index (χ3v) is 5.10. The van der Waals surface area contributed by atoms with Crippen molar-refractivity contribution in [1.82, 2.24) is 4.98 Å². The number of halogens is 2. The highest BCUT2D eigenvalue weighted by molar-refractivity contribution is 5.93. The van der Waals surface area contributed by atoms with Crippen molar-refractivity contribution in [3.05, 3.63) is 57.6 Å². The second-order valence-corrected chi connectivity index (χ2v) is 7.12. The van der Waals surface area contributed by atoms with Gasteiger partial charge in [-0.3, -0.25) is 4.98 Å². The molecule has 28 heavy (non-hydrogen) atoms. The van der Waals surface area contributed by atoms with E-state index in [1.54, 1.807) is 6.20 Å². The quantitative estimate of drug-likeness (QED) is 0.427. The second kappa shape index (κ2) is 9.04. The highest BCUT2D eigenvalue weighted by atomic mass is 19.3. The van der Waals surface area contributed by atoms with Crippen molar-refractivity contribution in [3.63, 3.8) is 0 Å².